The normalized spacial score (nSPS) is 36.7. The average molecular weight is 590 g/mol. The van der Waals surface area contributed by atoms with Crippen molar-refractivity contribution in [2.75, 3.05) is 28.3 Å². The summed E-state index contributed by atoms with van der Waals surface area (Å²) in [5.74, 6) is 8.51. The van der Waals surface area contributed by atoms with Crippen molar-refractivity contribution < 1.29 is 14.3 Å². The third-order valence-electron chi connectivity index (χ3n) is 10.3. The van der Waals surface area contributed by atoms with Gasteiger partial charge < -0.3 is 10.1 Å². The fourth-order valence-electron chi connectivity index (χ4n) is 8.67. The Morgan fingerprint density at radius 1 is 0.684 bits per heavy atom. The van der Waals surface area contributed by atoms with Crippen LogP contribution in [0, 0.1) is 35.5 Å². The molecule has 7 rings (SSSR count). The summed E-state index contributed by atoms with van der Waals surface area (Å²) < 4.78 is 6.65. The van der Waals surface area contributed by atoms with Crippen molar-refractivity contribution in [3.05, 3.63) is 24.3 Å². The Morgan fingerprint density at radius 2 is 1.13 bits per heavy atom. The summed E-state index contributed by atoms with van der Waals surface area (Å²) in [6.07, 6.45) is 11.7. The molecular weight excluding hydrogens is 551 g/mol. The summed E-state index contributed by atoms with van der Waals surface area (Å²) in [4.78, 5) is 26.4. The van der Waals surface area contributed by atoms with Crippen molar-refractivity contribution in [2.45, 2.75) is 72.4 Å². The molecule has 2 heterocycles. The lowest BCUT2D eigenvalue weighted by molar-refractivity contribution is -0.141. The Hall–Kier alpha value is -0.440. The highest BCUT2D eigenvalue weighted by molar-refractivity contribution is 8.21. The SMILES string of the molecule is O=C(Nc1ccc(OC(=O)C2C[C@@H]3CCC[C@@H](C2)C32SCCS2)cc1)C1CC2CCCC(C1)C21SCCS1. The van der Waals surface area contributed by atoms with Crippen molar-refractivity contribution in [1.82, 2.24) is 0 Å². The molecule has 38 heavy (non-hydrogen) atoms. The number of benzene rings is 1. The zero-order valence-electron chi connectivity index (χ0n) is 22.0. The zero-order chi connectivity index (χ0) is 25.7. The van der Waals surface area contributed by atoms with E-state index in [-0.39, 0.29) is 23.7 Å². The Labute approximate surface area is 244 Å². The zero-order valence-corrected chi connectivity index (χ0v) is 25.3. The van der Waals surface area contributed by atoms with Crippen LogP contribution in [0.2, 0.25) is 0 Å². The van der Waals surface area contributed by atoms with Gasteiger partial charge >= 0.3 is 5.97 Å². The third-order valence-corrected chi connectivity index (χ3v) is 18.3. The number of hydrogen-bond donors (Lipinski definition) is 1. The molecule has 6 aliphatic rings. The average Bonchev–Trinajstić information content (AvgIpc) is 3.56. The number of thioether (sulfide) groups is 4. The van der Waals surface area contributed by atoms with Crippen molar-refractivity contribution in [3.8, 4) is 5.75 Å². The first kappa shape index (κ1) is 26.5. The Morgan fingerprint density at radius 3 is 1.61 bits per heavy atom. The maximum absolute atomic E-state index is 13.3. The largest absolute Gasteiger partial charge is 0.426 e. The van der Waals surface area contributed by atoms with E-state index in [1.165, 1.54) is 61.5 Å². The molecule has 0 radical (unpaired) electrons. The van der Waals surface area contributed by atoms with Crippen LogP contribution in [0.3, 0.4) is 0 Å². The summed E-state index contributed by atoms with van der Waals surface area (Å²) in [5.41, 5.74) is 0.800. The van der Waals surface area contributed by atoms with E-state index in [4.69, 9.17) is 4.74 Å². The van der Waals surface area contributed by atoms with Gasteiger partial charge in [0.15, 0.2) is 0 Å². The van der Waals surface area contributed by atoms with E-state index in [1.807, 2.05) is 24.3 Å². The molecule has 1 aromatic rings. The summed E-state index contributed by atoms with van der Waals surface area (Å²) in [7, 11) is 0. The molecule has 0 aromatic heterocycles. The number of nitrogens with one attached hydrogen (secondary N) is 1. The van der Waals surface area contributed by atoms with Crippen LogP contribution in [0.25, 0.3) is 0 Å². The lowest BCUT2D eigenvalue weighted by atomic mass is 9.67. The predicted octanol–water partition coefficient (Wildman–Crippen LogP) is 7.54. The second-order valence-corrected chi connectivity index (χ2v) is 18.3. The summed E-state index contributed by atoms with van der Waals surface area (Å²) in [6, 6.07) is 7.48. The molecule has 4 saturated carbocycles. The molecule has 4 aliphatic carbocycles. The van der Waals surface area contributed by atoms with Crippen LogP contribution in [0.5, 0.6) is 5.75 Å². The van der Waals surface area contributed by atoms with Gasteiger partial charge in [0, 0.05) is 34.6 Å². The van der Waals surface area contributed by atoms with Gasteiger partial charge in [0.25, 0.3) is 0 Å². The van der Waals surface area contributed by atoms with Crippen LogP contribution in [-0.4, -0.2) is 43.0 Å². The van der Waals surface area contributed by atoms with E-state index in [0.29, 0.717) is 37.6 Å². The minimum absolute atomic E-state index is 0.0161. The van der Waals surface area contributed by atoms with Crippen molar-refractivity contribution in [1.29, 1.82) is 0 Å². The molecule has 4 nitrogen and oxygen atoms in total. The molecule has 8 heteroatoms. The highest BCUT2D eigenvalue weighted by atomic mass is 32.2. The maximum Gasteiger partial charge on any atom is 0.314 e. The number of carbonyl (C=O) groups excluding carboxylic acids is 2. The summed E-state index contributed by atoms with van der Waals surface area (Å²) >= 11 is 8.73. The highest BCUT2D eigenvalue weighted by Gasteiger charge is 2.56. The molecule has 206 valence electrons. The van der Waals surface area contributed by atoms with Gasteiger partial charge in [-0.2, -0.15) is 0 Å². The van der Waals surface area contributed by atoms with E-state index in [2.05, 4.69) is 52.4 Å². The quantitative estimate of drug-likeness (QED) is 0.288. The molecule has 1 N–H and O–H groups in total. The minimum atomic E-state index is -0.0631. The van der Waals surface area contributed by atoms with Gasteiger partial charge in [0.05, 0.1) is 14.1 Å². The van der Waals surface area contributed by atoms with Gasteiger partial charge in [-0.25, -0.2) is 0 Å². The summed E-state index contributed by atoms with van der Waals surface area (Å²) in [6.45, 7) is 0. The molecule has 4 bridgehead atoms. The number of hydrogen-bond acceptors (Lipinski definition) is 7. The standard InChI is InChI=1S/C30H39NO3S4/c32-27(19-15-21-3-1-4-22(16-19)29(21)35-11-12-36-29)31-25-7-9-26(10-8-25)34-28(33)20-17-23-5-2-6-24(18-20)30(23)37-13-14-38-30/h7-10,19-24H,1-6,11-18H2,(H,31,32)/t19?,21?,22?,23-,24-/m0/s1. The fraction of sp³-hybridized carbons (Fsp3) is 0.733. The Balaban J connectivity index is 0.946. The number of esters is 1. The van der Waals surface area contributed by atoms with Gasteiger partial charge in [-0.15, -0.1) is 47.0 Å². The summed E-state index contributed by atoms with van der Waals surface area (Å²) in [5, 5.41) is 3.18. The van der Waals surface area contributed by atoms with Crippen molar-refractivity contribution >= 4 is 64.6 Å². The van der Waals surface area contributed by atoms with Crippen LogP contribution in [0.1, 0.15) is 64.2 Å². The Bertz CT molecular complexity index is 937. The van der Waals surface area contributed by atoms with E-state index in [0.717, 1.165) is 31.4 Å². The van der Waals surface area contributed by atoms with Crippen LogP contribution in [0.4, 0.5) is 5.69 Å². The van der Waals surface area contributed by atoms with Gasteiger partial charge in [0.2, 0.25) is 5.91 Å². The first-order valence-electron chi connectivity index (χ1n) is 14.7. The first-order valence-corrected chi connectivity index (χ1v) is 18.7. The van der Waals surface area contributed by atoms with E-state index >= 15 is 0 Å². The van der Waals surface area contributed by atoms with E-state index < -0.39 is 0 Å². The van der Waals surface area contributed by atoms with Crippen molar-refractivity contribution in [3.63, 3.8) is 0 Å². The molecule has 1 amide bonds. The number of ether oxygens (including phenoxy) is 1. The molecule has 2 spiro atoms. The molecule has 2 aliphatic heterocycles. The molecule has 2 saturated heterocycles. The fourth-order valence-corrected chi connectivity index (χ4v) is 16.5. The molecule has 2 unspecified atom stereocenters. The second kappa shape index (κ2) is 10.8. The topological polar surface area (TPSA) is 55.4 Å². The van der Waals surface area contributed by atoms with E-state index in [9.17, 15) is 9.59 Å². The monoisotopic (exact) mass is 589 g/mol. The molecule has 6 fully saturated rings. The van der Waals surface area contributed by atoms with E-state index in [1.54, 1.807) is 0 Å². The number of rotatable bonds is 4. The van der Waals surface area contributed by atoms with Gasteiger partial charge in [0.1, 0.15) is 5.75 Å². The lowest BCUT2D eigenvalue weighted by Crippen LogP contribution is -2.48. The number of anilines is 1. The second-order valence-electron chi connectivity index (χ2n) is 12.3. The van der Waals surface area contributed by atoms with Gasteiger partial charge in [-0.05, 0) is 99.3 Å². The van der Waals surface area contributed by atoms with Gasteiger partial charge in [-0.3, -0.25) is 9.59 Å². The number of carbonyl (C=O) groups is 2. The molecule has 1 aromatic carbocycles. The van der Waals surface area contributed by atoms with Gasteiger partial charge in [-0.1, -0.05) is 12.8 Å². The van der Waals surface area contributed by atoms with Crippen LogP contribution >= 0.6 is 47.0 Å². The lowest BCUT2D eigenvalue weighted by Gasteiger charge is -2.52. The number of amides is 1. The van der Waals surface area contributed by atoms with Crippen LogP contribution in [-0.2, 0) is 9.59 Å². The van der Waals surface area contributed by atoms with Crippen LogP contribution in [0.15, 0.2) is 24.3 Å². The Kier molecular flexibility index (Phi) is 7.49. The first-order chi connectivity index (χ1) is 18.6. The highest BCUT2D eigenvalue weighted by Crippen LogP contribution is 2.65. The minimum Gasteiger partial charge on any atom is -0.426 e. The van der Waals surface area contributed by atoms with Crippen LogP contribution < -0.4 is 10.1 Å². The smallest absolute Gasteiger partial charge is 0.314 e. The van der Waals surface area contributed by atoms with Crippen molar-refractivity contribution in [2.24, 2.45) is 35.5 Å². The maximum atomic E-state index is 13.3. The predicted molar refractivity (Wildman–Crippen MR) is 163 cm³/mol. The molecule has 4 atom stereocenters. The third kappa shape index (κ3) is 4.65. The molecular formula is C30H39NO3S4.